The minimum Gasteiger partial charge on any atom is -0.362 e. The number of hydrazone groups is 1. The van der Waals surface area contributed by atoms with Crippen LogP contribution in [-0.4, -0.2) is 33.2 Å². The van der Waals surface area contributed by atoms with E-state index in [0.717, 1.165) is 5.69 Å². The van der Waals surface area contributed by atoms with Crippen molar-refractivity contribution in [2.45, 2.75) is 26.3 Å². The molecule has 0 aromatic carbocycles. The Hall–Kier alpha value is -2.57. The second-order valence-corrected chi connectivity index (χ2v) is 5.40. The number of carbonyl (C=O) groups excluding carboxylic acids is 2. The molecule has 0 bridgehead atoms. The number of primary amides is 1. The number of nitrogens with two attached hydrogens (primary N) is 1. The Labute approximate surface area is 116 Å². The van der Waals surface area contributed by atoms with Crippen molar-refractivity contribution in [3.8, 4) is 0 Å². The Kier molecular flexibility index (Phi) is 3.35. The van der Waals surface area contributed by atoms with Crippen molar-refractivity contribution in [3.63, 3.8) is 0 Å². The summed E-state index contributed by atoms with van der Waals surface area (Å²) in [5.41, 5.74) is 8.21. The lowest BCUT2D eigenvalue weighted by Gasteiger charge is -2.33. The molecule has 0 atom stereocenters. The summed E-state index contributed by atoms with van der Waals surface area (Å²) in [5.74, 6) is -0.144. The molecular weight excluding hydrogens is 258 g/mol. The Morgan fingerprint density at radius 1 is 1.45 bits per heavy atom. The van der Waals surface area contributed by atoms with Gasteiger partial charge in [-0.1, -0.05) is 0 Å². The lowest BCUT2D eigenvalue weighted by atomic mass is 10.0. The van der Waals surface area contributed by atoms with E-state index in [1.807, 2.05) is 32.9 Å². The number of carbonyl (C=O) groups is 2. The molecule has 0 radical (unpaired) electrons. The first-order chi connectivity index (χ1) is 9.30. The summed E-state index contributed by atoms with van der Waals surface area (Å²) in [6.07, 6.45) is 3.37. The molecule has 1 aliphatic heterocycles. The van der Waals surface area contributed by atoms with E-state index in [1.165, 1.54) is 4.90 Å². The maximum atomic E-state index is 11.9. The third-order valence-electron chi connectivity index (χ3n) is 2.77. The minimum atomic E-state index is -0.662. The number of amides is 3. The van der Waals surface area contributed by atoms with Crippen molar-refractivity contribution in [2.75, 3.05) is 0 Å². The number of nitrogens with one attached hydrogen (secondary N) is 2. The lowest BCUT2D eigenvalue weighted by molar-refractivity contribution is -0.116. The fraction of sp³-hybridized carbons (Fsp3) is 0.308. The minimum absolute atomic E-state index is 0.226. The molecule has 20 heavy (non-hydrogen) atoms. The zero-order valence-electron chi connectivity index (χ0n) is 11.6. The van der Waals surface area contributed by atoms with Crippen LogP contribution in [0.5, 0.6) is 0 Å². The van der Waals surface area contributed by atoms with Gasteiger partial charge in [-0.2, -0.15) is 5.10 Å². The SMILES string of the molecule is CC(C)(C)N(C(N)=O)C1=NNC(=O)C1=Cc1ccc[nH]1. The first kappa shape index (κ1) is 13.9. The van der Waals surface area contributed by atoms with Crippen molar-refractivity contribution in [1.29, 1.82) is 0 Å². The third kappa shape index (κ3) is 2.56. The predicted octanol–water partition coefficient (Wildman–Crippen LogP) is 1.02. The zero-order chi connectivity index (χ0) is 14.9. The molecule has 0 saturated heterocycles. The Morgan fingerprint density at radius 3 is 2.65 bits per heavy atom. The molecule has 3 amide bonds. The summed E-state index contributed by atoms with van der Waals surface area (Å²) < 4.78 is 0. The average molecular weight is 275 g/mol. The van der Waals surface area contributed by atoms with Gasteiger partial charge in [0, 0.05) is 17.4 Å². The Bertz CT molecular complexity index is 593. The van der Waals surface area contributed by atoms with Gasteiger partial charge in [0.15, 0.2) is 5.84 Å². The molecular formula is C13H17N5O2. The third-order valence-corrected chi connectivity index (χ3v) is 2.77. The molecule has 1 aliphatic rings. The van der Waals surface area contributed by atoms with Gasteiger partial charge < -0.3 is 10.7 Å². The van der Waals surface area contributed by atoms with E-state index < -0.39 is 11.6 Å². The van der Waals surface area contributed by atoms with Gasteiger partial charge in [-0.25, -0.2) is 10.2 Å². The van der Waals surface area contributed by atoms with Crippen molar-refractivity contribution in [2.24, 2.45) is 10.8 Å². The normalized spacial score (nSPS) is 17.1. The second kappa shape index (κ2) is 4.84. The molecule has 7 heteroatoms. The largest absolute Gasteiger partial charge is 0.362 e. The number of urea groups is 1. The van der Waals surface area contributed by atoms with Crippen molar-refractivity contribution in [1.82, 2.24) is 15.3 Å². The highest BCUT2D eigenvalue weighted by Gasteiger charge is 2.36. The number of hydrogen-bond donors (Lipinski definition) is 3. The van der Waals surface area contributed by atoms with Crippen molar-refractivity contribution in [3.05, 3.63) is 29.6 Å². The number of aromatic amines is 1. The van der Waals surface area contributed by atoms with Gasteiger partial charge in [-0.05, 0) is 39.0 Å². The monoisotopic (exact) mass is 275 g/mol. The highest BCUT2D eigenvalue weighted by molar-refractivity contribution is 6.29. The fourth-order valence-electron chi connectivity index (χ4n) is 1.97. The van der Waals surface area contributed by atoms with Gasteiger partial charge in [0.05, 0.1) is 5.57 Å². The smallest absolute Gasteiger partial charge is 0.321 e. The Balaban J connectivity index is 2.44. The molecule has 7 nitrogen and oxygen atoms in total. The standard InChI is InChI=1S/C13H17N5O2/c1-13(2,3)18(12(14)20)10-9(11(19)17-16-10)7-8-5-4-6-15-8/h4-7,15H,1-3H3,(H2,14,20)(H,17,19). The van der Waals surface area contributed by atoms with E-state index in [1.54, 1.807) is 12.3 Å². The average Bonchev–Trinajstić information content (AvgIpc) is 2.91. The van der Waals surface area contributed by atoms with Crippen molar-refractivity contribution >= 4 is 23.8 Å². The first-order valence-corrected chi connectivity index (χ1v) is 6.14. The maximum absolute atomic E-state index is 11.9. The van der Waals surface area contributed by atoms with Crippen LogP contribution in [0.3, 0.4) is 0 Å². The molecule has 0 fully saturated rings. The quantitative estimate of drug-likeness (QED) is 0.666. The molecule has 106 valence electrons. The van der Waals surface area contributed by atoms with Crippen LogP contribution in [0.25, 0.3) is 6.08 Å². The van der Waals surface area contributed by atoms with Gasteiger partial charge in [-0.15, -0.1) is 0 Å². The topological polar surface area (TPSA) is 104 Å². The summed E-state index contributed by atoms with van der Waals surface area (Å²) in [5, 5.41) is 3.93. The fourth-order valence-corrected chi connectivity index (χ4v) is 1.97. The van der Waals surface area contributed by atoms with Gasteiger partial charge in [-0.3, -0.25) is 9.69 Å². The summed E-state index contributed by atoms with van der Waals surface area (Å²) in [6, 6.07) is 2.96. The van der Waals surface area contributed by atoms with E-state index in [2.05, 4.69) is 15.5 Å². The van der Waals surface area contributed by atoms with Crippen LogP contribution in [0.1, 0.15) is 26.5 Å². The molecule has 0 unspecified atom stereocenters. The number of aromatic nitrogens is 1. The molecule has 0 aliphatic carbocycles. The van der Waals surface area contributed by atoms with Gasteiger partial charge in [0.2, 0.25) is 0 Å². The summed E-state index contributed by atoms with van der Waals surface area (Å²) >= 11 is 0. The van der Waals surface area contributed by atoms with Crippen LogP contribution in [-0.2, 0) is 4.79 Å². The van der Waals surface area contributed by atoms with Crippen molar-refractivity contribution < 1.29 is 9.59 Å². The molecule has 4 N–H and O–H groups in total. The van der Waals surface area contributed by atoms with E-state index in [0.29, 0.717) is 5.57 Å². The molecule has 1 aromatic heterocycles. The van der Waals surface area contributed by atoms with Gasteiger partial charge in [0.25, 0.3) is 5.91 Å². The van der Waals surface area contributed by atoms with Crippen LogP contribution in [0.15, 0.2) is 29.0 Å². The molecule has 0 spiro atoms. The van der Waals surface area contributed by atoms with Crippen LogP contribution >= 0.6 is 0 Å². The lowest BCUT2D eigenvalue weighted by Crippen LogP contribution is -2.52. The number of amidine groups is 1. The highest BCUT2D eigenvalue weighted by atomic mass is 16.2. The molecule has 2 rings (SSSR count). The van der Waals surface area contributed by atoms with E-state index in [4.69, 9.17) is 5.73 Å². The first-order valence-electron chi connectivity index (χ1n) is 6.14. The van der Waals surface area contributed by atoms with Crippen LogP contribution in [0.2, 0.25) is 0 Å². The zero-order valence-corrected chi connectivity index (χ0v) is 11.6. The van der Waals surface area contributed by atoms with Crippen LogP contribution < -0.4 is 11.2 Å². The van der Waals surface area contributed by atoms with E-state index in [-0.39, 0.29) is 11.7 Å². The van der Waals surface area contributed by atoms with Gasteiger partial charge in [0.1, 0.15) is 0 Å². The number of nitrogens with zero attached hydrogens (tertiary/aromatic N) is 2. The summed E-state index contributed by atoms with van der Waals surface area (Å²) in [6.45, 7) is 5.44. The molecule has 1 aromatic rings. The summed E-state index contributed by atoms with van der Waals surface area (Å²) in [4.78, 5) is 27.8. The molecule has 2 heterocycles. The Morgan fingerprint density at radius 2 is 2.15 bits per heavy atom. The summed E-state index contributed by atoms with van der Waals surface area (Å²) in [7, 11) is 0. The molecule has 0 saturated carbocycles. The second-order valence-electron chi connectivity index (χ2n) is 5.40. The maximum Gasteiger partial charge on any atom is 0.321 e. The number of hydrogen-bond acceptors (Lipinski definition) is 3. The highest BCUT2D eigenvalue weighted by Crippen LogP contribution is 2.21. The van der Waals surface area contributed by atoms with Gasteiger partial charge >= 0.3 is 6.03 Å². The number of H-pyrrole nitrogens is 1. The van der Waals surface area contributed by atoms with Crippen LogP contribution in [0, 0.1) is 0 Å². The number of rotatable bonds is 1. The van der Waals surface area contributed by atoms with E-state index >= 15 is 0 Å². The van der Waals surface area contributed by atoms with Crippen LogP contribution in [0.4, 0.5) is 4.79 Å². The predicted molar refractivity (Wildman–Crippen MR) is 75.5 cm³/mol. The van der Waals surface area contributed by atoms with E-state index in [9.17, 15) is 9.59 Å².